The fraction of sp³-hybridized carbons (Fsp3) is 0.556. The lowest BCUT2D eigenvalue weighted by molar-refractivity contribution is 0.0694. The number of nitrogens with zero attached hydrogens (tertiary/aromatic N) is 2. The van der Waals surface area contributed by atoms with Gasteiger partial charge < -0.3 is 10.8 Å². The van der Waals surface area contributed by atoms with Gasteiger partial charge in [0, 0.05) is 19.0 Å². The molecule has 0 spiro atoms. The van der Waals surface area contributed by atoms with Gasteiger partial charge in [0.1, 0.15) is 5.56 Å². The minimum atomic E-state index is -0.911. The Morgan fingerprint density at radius 1 is 1.73 bits per heavy atom. The van der Waals surface area contributed by atoms with Gasteiger partial charge in [-0.15, -0.1) is 12.4 Å². The normalized spacial score (nSPS) is 19.1. The molecule has 0 aliphatic carbocycles. The van der Waals surface area contributed by atoms with Crippen LogP contribution < -0.4 is 5.73 Å². The largest absolute Gasteiger partial charge is 0.478 e. The number of halogens is 1. The van der Waals surface area contributed by atoms with Crippen LogP contribution in [0.4, 0.5) is 0 Å². The summed E-state index contributed by atoms with van der Waals surface area (Å²) in [6.07, 6.45) is 3.41. The summed E-state index contributed by atoms with van der Waals surface area (Å²) in [5.74, 6) is -0.760. The topological polar surface area (TPSA) is 81.1 Å². The van der Waals surface area contributed by atoms with Gasteiger partial charge in [-0.3, -0.25) is 4.68 Å². The van der Waals surface area contributed by atoms with E-state index >= 15 is 0 Å². The highest BCUT2D eigenvalue weighted by atomic mass is 35.5. The third-order valence-corrected chi connectivity index (χ3v) is 2.70. The summed E-state index contributed by atoms with van der Waals surface area (Å²) in [4.78, 5) is 10.9. The average Bonchev–Trinajstić information content (AvgIpc) is 2.60. The van der Waals surface area contributed by atoms with Crippen LogP contribution in [0.2, 0.25) is 0 Å². The third-order valence-electron chi connectivity index (χ3n) is 2.70. The molecular weight excluding hydrogens is 218 g/mol. The van der Waals surface area contributed by atoms with Crippen molar-refractivity contribution in [3.05, 3.63) is 17.5 Å². The van der Waals surface area contributed by atoms with E-state index in [-0.39, 0.29) is 18.3 Å². The van der Waals surface area contributed by atoms with Gasteiger partial charge in [0.05, 0.1) is 11.9 Å². The van der Waals surface area contributed by atoms with Gasteiger partial charge in [-0.05, 0) is 12.8 Å². The summed E-state index contributed by atoms with van der Waals surface area (Å²) >= 11 is 0. The molecule has 0 amide bonds. The zero-order valence-corrected chi connectivity index (χ0v) is 9.04. The van der Waals surface area contributed by atoms with E-state index in [1.807, 2.05) is 0 Å². The number of hydrogen-bond donors (Lipinski definition) is 2. The number of carbonyl (C=O) groups is 1. The Balaban J connectivity index is 0.00000112. The maximum Gasteiger partial charge on any atom is 0.339 e. The van der Waals surface area contributed by atoms with Crippen LogP contribution >= 0.6 is 12.4 Å². The molecule has 0 saturated heterocycles. The summed E-state index contributed by atoms with van der Waals surface area (Å²) in [5, 5.41) is 13.0. The molecule has 2 rings (SSSR count). The van der Waals surface area contributed by atoms with E-state index in [0.29, 0.717) is 12.1 Å². The van der Waals surface area contributed by atoms with Gasteiger partial charge in [-0.25, -0.2) is 4.79 Å². The van der Waals surface area contributed by atoms with Crippen molar-refractivity contribution < 1.29 is 9.90 Å². The summed E-state index contributed by atoms with van der Waals surface area (Å²) in [7, 11) is 0. The molecule has 15 heavy (non-hydrogen) atoms. The van der Waals surface area contributed by atoms with Crippen LogP contribution in [0.3, 0.4) is 0 Å². The molecule has 0 fully saturated rings. The minimum absolute atomic E-state index is 0. The van der Waals surface area contributed by atoms with Gasteiger partial charge in [0.25, 0.3) is 0 Å². The number of hydrogen-bond acceptors (Lipinski definition) is 3. The first-order chi connectivity index (χ1) is 6.74. The zero-order valence-electron chi connectivity index (χ0n) is 8.22. The van der Waals surface area contributed by atoms with E-state index in [2.05, 4.69) is 5.10 Å². The van der Waals surface area contributed by atoms with E-state index < -0.39 is 5.97 Å². The first-order valence-corrected chi connectivity index (χ1v) is 4.73. The first kappa shape index (κ1) is 12.0. The molecule has 0 aromatic carbocycles. The Hall–Kier alpha value is -1.07. The van der Waals surface area contributed by atoms with Crippen molar-refractivity contribution in [2.75, 3.05) is 6.54 Å². The summed E-state index contributed by atoms with van der Waals surface area (Å²) < 4.78 is 1.77. The Morgan fingerprint density at radius 2 is 2.47 bits per heavy atom. The van der Waals surface area contributed by atoms with Crippen LogP contribution in [0.15, 0.2) is 6.20 Å². The van der Waals surface area contributed by atoms with E-state index in [1.165, 1.54) is 6.20 Å². The minimum Gasteiger partial charge on any atom is -0.478 e. The maximum absolute atomic E-state index is 10.9. The van der Waals surface area contributed by atoms with Gasteiger partial charge >= 0.3 is 5.97 Å². The Kier molecular flexibility index (Phi) is 3.71. The Morgan fingerprint density at radius 3 is 3.07 bits per heavy atom. The molecule has 1 aromatic heterocycles. The fourth-order valence-corrected chi connectivity index (χ4v) is 2.02. The Bertz CT molecular complexity index is 364. The monoisotopic (exact) mass is 231 g/mol. The number of nitrogens with two attached hydrogens (primary N) is 1. The van der Waals surface area contributed by atoms with Gasteiger partial charge in [-0.1, -0.05) is 0 Å². The quantitative estimate of drug-likeness (QED) is 0.790. The highest BCUT2D eigenvalue weighted by Gasteiger charge is 2.26. The second-order valence-electron chi connectivity index (χ2n) is 3.55. The number of aromatic carboxylic acids is 1. The summed E-state index contributed by atoms with van der Waals surface area (Å²) in [6.45, 7) is 1.30. The van der Waals surface area contributed by atoms with E-state index in [0.717, 1.165) is 25.1 Å². The predicted octanol–water partition coefficient (Wildman–Crippen LogP) is 0.839. The third kappa shape index (κ3) is 1.98. The average molecular weight is 232 g/mol. The summed E-state index contributed by atoms with van der Waals surface area (Å²) in [6, 6.07) is 0. The van der Waals surface area contributed by atoms with E-state index in [9.17, 15) is 4.79 Å². The number of carboxylic acids is 1. The van der Waals surface area contributed by atoms with Crippen molar-refractivity contribution in [3.8, 4) is 0 Å². The van der Waals surface area contributed by atoms with E-state index in [4.69, 9.17) is 10.8 Å². The first-order valence-electron chi connectivity index (χ1n) is 4.73. The van der Waals surface area contributed by atoms with Crippen LogP contribution in [0.25, 0.3) is 0 Å². The molecule has 0 bridgehead atoms. The summed E-state index contributed by atoms with van der Waals surface area (Å²) in [5.41, 5.74) is 6.72. The van der Waals surface area contributed by atoms with Crippen molar-refractivity contribution in [2.24, 2.45) is 5.73 Å². The fourth-order valence-electron chi connectivity index (χ4n) is 2.02. The van der Waals surface area contributed by atoms with Crippen LogP contribution in [0.5, 0.6) is 0 Å². The van der Waals surface area contributed by atoms with Crippen molar-refractivity contribution in [3.63, 3.8) is 0 Å². The van der Waals surface area contributed by atoms with Crippen LogP contribution in [-0.2, 0) is 6.54 Å². The van der Waals surface area contributed by atoms with Crippen LogP contribution in [0, 0.1) is 0 Å². The number of fused-ring (bicyclic) bond motifs is 1. The number of carboxylic acid groups (broad SMARTS) is 1. The second-order valence-corrected chi connectivity index (χ2v) is 3.55. The van der Waals surface area contributed by atoms with Crippen molar-refractivity contribution >= 4 is 18.4 Å². The highest BCUT2D eigenvalue weighted by Crippen LogP contribution is 2.28. The highest BCUT2D eigenvalue weighted by molar-refractivity contribution is 5.88. The lowest BCUT2D eigenvalue weighted by atomic mass is 9.93. The Labute approximate surface area is 93.7 Å². The lowest BCUT2D eigenvalue weighted by Crippen LogP contribution is -2.24. The zero-order chi connectivity index (χ0) is 10.1. The maximum atomic E-state index is 10.9. The lowest BCUT2D eigenvalue weighted by Gasteiger charge is -2.22. The van der Waals surface area contributed by atoms with Crippen molar-refractivity contribution in [2.45, 2.75) is 25.3 Å². The van der Waals surface area contributed by atoms with Crippen LogP contribution in [-0.4, -0.2) is 27.4 Å². The van der Waals surface area contributed by atoms with Crippen molar-refractivity contribution in [1.29, 1.82) is 0 Å². The van der Waals surface area contributed by atoms with E-state index in [1.54, 1.807) is 4.68 Å². The number of rotatable bonds is 2. The molecule has 1 unspecified atom stereocenters. The van der Waals surface area contributed by atoms with Crippen molar-refractivity contribution in [1.82, 2.24) is 9.78 Å². The molecule has 6 heteroatoms. The second kappa shape index (κ2) is 4.63. The molecule has 1 aromatic rings. The molecule has 84 valence electrons. The van der Waals surface area contributed by atoms with Gasteiger partial charge in [0.2, 0.25) is 0 Å². The van der Waals surface area contributed by atoms with Crippen LogP contribution in [0.1, 0.15) is 34.8 Å². The molecule has 1 aliphatic rings. The SMILES string of the molecule is Cl.NCC1CCCn2ncc(C(=O)O)c21. The molecule has 2 heterocycles. The predicted molar refractivity (Wildman–Crippen MR) is 57.5 cm³/mol. The van der Waals surface area contributed by atoms with Gasteiger partial charge in [0.15, 0.2) is 0 Å². The van der Waals surface area contributed by atoms with Gasteiger partial charge in [-0.2, -0.15) is 5.10 Å². The number of aromatic nitrogens is 2. The molecular formula is C9H14ClN3O2. The molecule has 5 nitrogen and oxygen atoms in total. The molecule has 3 N–H and O–H groups in total. The molecule has 1 atom stereocenters. The molecule has 0 saturated carbocycles. The smallest absolute Gasteiger partial charge is 0.339 e. The molecule has 0 radical (unpaired) electrons. The number of aryl methyl sites for hydroxylation is 1. The molecule has 1 aliphatic heterocycles. The standard InChI is InChI=1S/C9H13N3O2.ClH/c10-4-6-2-1-3-12-8(6)7(5-11-12)9(13)14;/h5-6H,1-4,10H2,(H,13,14);1H.